The summed E-state index contributed by atoms with van der Waals surface area (Å²) in [6, 6.07) is 27.9. The van der Waals surface area contributed by atoms with Crippen LogP contribution >= 0.6 is 0 Å². The molecule has 0 amide bonds. The molecular formula is C45H29N3O. The summed E-state index contributed by atoms with van der Waals surface area (Å²) in [7, 11) is 0. The molecule has 9 rings (SSSR count). The first-order chi connectivity index (χ1) is 28.8. The van der Waals surface area contributed by atoms with E-state index in [-0.39, 0.29) is 50.5 Å². The number of hydrogen-bond donors (Lipinski definition) is 0. The predicted molar refractivity (Wildman–Crippen MR) is 200 cm³/mol. The fraction of sp³-hybridized carbons (Fsp3) is 0. The number of furan rings is 1. The number of rotatable bonds is 6. The van der Waals surface area contributed by atoms with Gasteiger partial charge in [-0.1, -0.05) is 151 Å². The van der Waals surface area contributed by atoms with Gasteiger partial charge in [0.15, 0.2) is 17.5 Å². The first kappa shape index (κ1) is 19.2. The third-order valence-corrected chi connectivity index (χ3v) is 8.16. The fourth-order valence-electron chi connectivity index (χ4n) is 5.81. The van der Waals surface area contributed by atoms with E-state index < -0.39 is 72.0 Å². The average molecular weight is 639 g/mol. The van der Waals surface area contributed by atoms with Crippen molar-refractivity contribution in [3.63, 3.8) is 0 Å². The van der Waals surface area contributed by atoms with E-state index in [0.717, 1.165) is 22.3 Å². The second-order valence-corrected chi connectivity index (χ2v) is 11.2. The Labute approximate surface area is 299 Å². The lowest BCUT2D eigenvalue weighted by Crippen LogP contribution is -2.00. The standard InChI is InChI=1S/C45H29N3O/c1-4-13-30(14-5-1)32-23-25-34(26-24-32)43-46-44(36-20-12-19-35(27-36)31-15-6-2-7-16-31)48-45(47-43)37-28-39(33-17-8-3-9-18-33)42-38-21-10-11-22-40(38)49-41(42)29-37/h1-29H/i3D,8D,9D,10D,11D,17D,18D,21D,22D,28D,29D. The Morgan fingerprint density at radius 2 is 0.959 bits per heavy atom. The van der Waals surface area contributed by atoms with Crippen molar-refractivity contribution in [3.8, 4) is 67.5 Å². The van der Waals surface area contributed by atoms with Gasteiger partial charge in [0.25, 0.3) is 0 Å². The van der Waals surface area contributed by atoms with Gasteiger partial charge in [-0.2, -0.15) is 0 Å². The lowest BCUT2D eigenvalue weighted by Gasteiger charge is -2.12. The molecule has 0 saturated heterocycles. The molecule has 230 valence electrons. The van der Waals surface area contributed by atoms with E-state index in [2.05, 4.69) is 0 Å². The average Bonchev–Trinajstić information content (AvgIpc) is 3.69. The largest absolute Gasteiger partial charge is 0.456 e. The fourth-order valence-corrected chi connectivity index (χ4v) is 5.81. The number of nitrogens with zero attached hydrogens (tertiary/aromatic N) is 3. The Balaban J connectivity index is 1.38. The molecule has 0 aliphatic carbocycles. The first-order valence-corrected chi connectivity index (χ1v) is 15.5. The van der Waals surface area contributed by atoms with Gasteiger partial charge in [0.1, 0.15) is 11.2 Å². The topological polar surface area (TPSA) is 51.8 Å². The van der Waals surface area contributed by atoms with E-state index >= 15 is 0 Å². The summed E-state index contributed by atoms with van der Waals surface area (Å²) in [4.78, 5) is 14.5. The molecule has 9 aromatic rings. The third-order valence-electron chi connectivity index (χ3n) is 8.16. The van der Waals surface area contributed by atoms with Crippen molar-refractivity contribution < 1.29 is 19.5 Å². The molecule has 2 aromatic heterocycles. The zero-order chi connectivity index (χ0) is 42.1. The molecule has 0 spiro atoms. The van der Waals surface area contributed by atoms with E-state index in [1.165, 1.54) is 0 Å². The minimum atomic E-state index is -0.688. The van der Waals surface area contributed by atoms with Crippen LogP contribution in [-0.4, -0.2) is 15.0 Å². The maximum Gasteiger partial charge on any atom is 0.164 e. The number of para-hydroxylation sites is 1. The monoisotopic (exact) mass is 638 g/mol. The highest BCUT2D eigenvalue weighted by Crippen LogP contribution is 2.40. The van der Waals surface area contributed by atoms with Crippen LogP contribution in [0.4, 0.5) is 0 Å². The molecule has 7 aromatic carbocycles. The molecule has 2 heterocycles. The van der Waals surface area contributed by atoms with Crippen molar-refractivity contribution in [2.45, 2.75) is 0 Å². The van der Waals surface area contributed by atoms with Crippen molar-refractivity contribution in [1.82, 2.24) is 15.0 Å². The van der Waals surface area contributed by atoms with Gasteiger partial charge in [0, 0.05) is 27.5 Å². The first-order valence-electron chi connectivity index (χ1n) is 21.0. The van der Waals surface area contributed by atoms with Crippen LogP contribution in [0.25, 0.3) is 89.5 Å². The summed E-state index contributed by atoms with van der Waals surface area (Å²) < 4.78 is 103. The smallest absolute Gasteiger partial charge is 0.164 e. The zero-order valence-electron chi connectivity index (χ0n) is 36.6. The van der Waals surface area contributed by atoms with E-state index in [4.69, 9.17) is 31.7 Å². The lowest BCUT2D eigenvalue weighted by molar-refractivity contribution is 0.669. The minimum Gasteiger partial charge on any atom is -0.456 e. The van der Waals surface area contributed by atoms with Crippen LogP contribution in [0.1, 0.15) is 15.1 Å². The van der Waals surface area contributed by atoms with Gasteiger partial charge in [-0.25, -0.2) is 15.0 Å². The van der Waals surface area contributed by atoms with Crippen LogP contribution in [0.3, 0.4) is 0 Å². The summed E-state index contributed by atoms with van der Waals surface area (Å²) in [6.45, 7) is 0. The molecule has 0 saturated carbocycles. The second kappa shape index (κ2) is 12.2. The summed E-state index contributed by atoms with van der Waals surface area (Å²) in [5.74, 6) is 0.206. The number of fused-ring (bicyclic) bond motifs is 3. The predicted octanol–water partition coefficient (Wildman–Crippen LogP) is 11.8. The highest BCUT2D eigenvalue weighted by molar-refractivity contribution is 6.13. The minimum absolute atomic E-state index is 0.169. The van der Waals surface area contributed by atoms with Crippen LogP contribution in [0.2, 0.25) is 0 Å². The van der Waals surface area contributed by atoms with Gasteiger partial charge in [-0.15, -0.1) is 0 Å². The molecular weight excluding hydrogens is 599 g/mol. The molecule has 0 fully saturated rings. The van der Waals surface area contributed by atoms with Gasteiger partial charge in [-0.05, 0) is 57.6 Å². The van der Waals surface area contributed by atoms with Crippen LogP contribution < -0.4 is 0 Å². The van der Waals surface area contributed by atoms with Crippen molar-refractivity contribution in [2.24, 2.45) is 0 Å². The van der Waals surface area contributed by atoms with Crippen molar-refractivity contribution in [2.75, 3.05) is 0 Å². The van der Waals surface area contributed by atoms with Crippen molar-refractivity contribution >= 4 is 21.9 Å². The molecule has 0 unspecified atom stereocenters. The molecule has 0 radical (unpaired) electrons. The Bertz CT molecular complexity index is 3180. The van der Waals surface area contributed by atoms with Crippen molar-refractivity contribution in [3.05, 3.63) is 176 Å². The quantitative estimate of drug-likeness (QED) is 0.182. The van der Waals surface area contributed by atoms with Gasteiger partial charge in [0.05, 0.1) is 15.1 Å². The Hall–Kier alpha value is -6.65. The summed E-state index contributed by atoms with van der Waals surface area (Å²) in [5.41, 5.74) is 3.30. The summed E-state index contributed by atoms with van der Waals surface area (Å²) >= 11 is 0. The van der Waals surface area contributed by atoms with Crippen molar-refractivity contribution in [1.29, 1.82) is 0 Å². The number of benzene rings is 7. The Kier molecular flexibility index (Phi) is 4.78. The zero-order valence-corrected chi connectivity index (χ0v) is 25.6. The van der Waals surface area contributed by atoms with Crippen LogP contribution in [0.15, 0.2) is 180 Å². The summed E-state index contributed by atoms with van der Waals surface area (Å²) in [5, 5.41) is -0.393. The maximum atomic E-state index is 9.80. The van der Waals surface area contributed by atoms with E-state index in [9.17, 15) is 2.74 Å². The Morgan fingerprint density at radius 1 is 0.408 bits per heavy atom. The molecule has 0 bridgehead atoms. The lowest BCUT2D eigenvalue weighted by atomic mass is 9.96. The highest BCUT2D eigenvalue weighted by atomic mass is 16.3. The molecule has 0 N–H and O–H groups in total. The molecule has 0 aliphatic heterocycles. The van der Waals surface area contributed by atoms with Crippen LogP contribution in [0.5, 0.6) is 0 Å². The molecule has 4 heteroatoms. The van der Waals surface area contributed by atoms with Gasteiger partial charge >= 0.3 is 0 Å². The third kappa shape index (κ3) is 5.45. The van der Waals surface area contributed by atoms with Crippen LogP contribution in [-0.2, 0) is 0 Å². The van der Waals surface area contributed by atoms with Gasteiger partial charge in [0.2, 0.25) is 0 Å². The molecule has 0 atom stereocenters. The summed E-state index contributed by atoms with van der Waals surface area (Å²) in [6.07, 6.45) is 0. The second-order valence-electron chi connectivity index (χ2n) is 11.2. The SMILES string of the molecule is [2H]c1c([2H])c([2H])c(-c2c([2H])c(-c3nc(-c4ccc(-c5ccccc5)cc4)nc(-c4cccc(-c5ccccc5)c4)n3)c([2H])c3oc4c([2H])c([2H])c([2H])c([2H])c4c23)c([2H])c1[2H]. The Morgan fingerprint density at radius 3 is 1.69 bits per heavy atom. The number of hydrogen-bond acceptors (Lipinski definition) is 4. The van der Waals surface area contributed by atoms with E-state index in [0.29, 0.717) is 11.1 Å². The maximum absolute atomic E-state index is 9.80. The molecule has 4 nitrogen and oxygen atoms in total. The van der Waals surface area contributed by atoms with Gasteiger partial charge in [-0.3, -0.25) is 0 Å². The van der Waals surface area contributed by atoms with E-state index in [1.807, 2.05) is 109 Å². The highest BCUT2D eigenvalue weighted by Gasteiger charge is 2.18. The number of aromatic nitrogens is 3. The van der Waals surface area contributed by atoms with E-state index in [1.54, 1.807) is 0 Å². The molecule has 49 heavy (non-hydrogen) atoms. The normalized spacial score (nSPS) is 14.4. The van der Waals surface area contributed by atoms with Gasteiger partial charge < -0.3 is 4.42 Å². The van der Waals surface area contributed by atoms with Crippen LogP contribution in [0, 0.1) is 0 Å². The molecule has 0 aliphatic rings.